The van der Waals surface area contributed by atoms with E-state index >= 15 is 0 Å². The number of thioether (sulfide) groups is 1. The summed E-state index contributed by atoms with van der Waals surface area (Å²) in [6, 6.07) is 21.4. The number of carbonyl (C=O) groups is 3. The minimum Gasteiger partial charge on any atom is -0.490 e. The van der Waals surface area contributed by atoms with Crippen molar-refractivity contribution in [1.82, 2.24) is 0 Å². The van der Waals surface area contributed by atoms with Gasteiger partial charge in [0.1, 0.15) is 0 Å². The van der Waals surface area contributed by atoms with Crippen molar-refractivity contribution in [3.8, 4) is 11.5 Å². The minimum atomic E-state index is -0.377. The van der Waals surface area contributed by atoms with Crippen molar-refractivity contribution in [3.05, 3.63) is 88.8 Å². The standard InChI is InChI=1S/C27H24N2O5S/c1-3-33-23-15-19(16-24-26(31)29(27(32)35-24)21-10-5-4-6-11-21)12-13-22(23)34-17-25(30)28-20-9-7-8-18(2)14-20/h4-16H,3,17H2,1-2H3,(H,28,30)/b24-16-. The zero-order valence-corrected chi connectivity index (χ0v) is 20.1. The van der Waals surface area contributed by atoms with Gasteiger partial charge in [-0.3, -0.25) is 14.4 Å². The number of aryl methyl sites for hydroxylation is 1. The van der Waals surface area contributed by atoms with Crippen LogP contribution in [0.25, 0.3) is 6.08 Å². The van der Waals surface area contributed by atoms with Crippen LogP contribution in [0.1, 0.15) is 18.1 Å². The molecule has 0 spiro atoms. The lowest BCUT2D eigenvalue weighted by Crippen LogP contribution is -2.27. The fourth-order valence-corrected chi connectivity index (χ4v) is 4.33. The number of hydrogen-bond donors (Lipinski definition) is 1. The average molecular weight is 489 g/mol. The van der Waals surface area contributed by atoms with E-state index in [9.17, 15) is 14.4 Å². The van der Waals surface area contributed by atoms with Crippen LogP contribution in [0.3, 0.4) is 0 Å². The van der Waals surface area contributed by atoms with E-state index in [1.165, 1.54) is 0 Å². The lowest BCUT2D eigenvalue weighted by molar-refractivity contribution is -0.118. The van der Waals surface area contributed by atoms with Gasteiger partial charge in [-0.25, -0.2) is 4.90 Å². The second kappa shape index (κ2) is 10.9. The van der Waals surface area contributed by atoms with Crippen LogP contribution >= 0.6 is 11.8 Å². The normalized spacial score (nSPS) is 14.3. The van der Waals surface area contributed by atoms with Crippen molar-refractivity contribution in [2.45, 2.75) is 13.8 Å². The van der Waals surface area contributed by atoms with E-state index in [4.69, 9.17) is 9.47 Å². The van der Waals surface area contributed by atoms with Crippen molar-refractivity contribution >= 4 is 46.3 Å². The first kappa shape index (κ1) is 24.1. The summed E-state index contributed by atoms with van der Waals surface area (Å²) in [5.74, 6) is 0.168. The van der Waals surface area contributed by atoms with Gasteiger partial charge in [0.15, 0.2) is 18.1 Å². The zero-order valence-electron chi connectivity index (χ0n) is 19.3. The van der Waals surface area contributed by atoms with Crippen LogP contribution in [0.5, 0.6) is 11.5 Å². The summed E-state index contributed by atoms with van der Waals surface area (Å²) in [5, 5.41) is 2.45. The molecule has 1 heterocycles. The Labute approximate surface area is 207 Å². The summed E-state index contributed by atoms with van der Waals surface area (Å²) in [6.07, 6.45) is 1.64. The van der Waals surface area contributed by atoms with Crippen molar-refractivity contribution in [3.63, 3.8) is 0 Å². The van der Waals surface area contributed by atoms with Crippen LogP contribution in [0, 0.1) is 6.92 Å². The van der Waals surface area contributed by atoms with Gasteiger partial charge in [-0.1, -0.05) is 36.4 Å². The summed E-state index contributed by atoms with van der Waals surface area (Å²) in [6.45, 7) is 3.99. The van der Waals surface area contributed by atoms with E-state index in [1.807, 2.05) is 44.2 Å². The van der Waals surface area contributed by atoms with E-state index in [1.54, 1.807) is 48.5 Å². The van der Waals surface area contributed by atoms with Gasteiger partial charge in [0.2, 0.25) is 0 Å². The molecule has 1 saturated heterocycles. The molecular weight excluding hydrogens is 464 g/mol. The van der Waals surface area contributed by atoms with E-state index in [0.29, 0.717) is 39.9 Å². The summed E-state index contributed by atoms with van der Waals surface area (Å²) < 4.78 is 11.4. The molecule has 0 unspecified atom stereocenters. The average Bonchev–Trinajstić information content (AvgIpc) is 3.12. The summed E-state index contributed by atoms with van der Waals surface area (Å²) in [5.41, 5.74) is 2.94. The Bertz CT molecular complexity index is 1290. The van der Waals surface area contributed by atoms with Gasteiger partial charge in [0, 0.05) is 5.69 Å². The second-order valence-electron chi connectivity index (χ2n) is 7.70. The van der Waals surface area contributed by atoms with Gasteiger partial charge in [-0.15, -0.1) is 0 Å². The number of nitrogens with one attached hydrogen (secondary N) is 1. The molecule has 178 valence electrons. The molecule has 35 heavy (non-hydrogen) atoms. The number of imide groups is 1. The lowest BCUT2D eigenvalue weighted by Gasteiger charge is -2.13. The fourth-order valence-electron chi connectivity index (χ4n) is 3.48. The van der Waals surface area contributed by atoms with Crippen LogP contribution in [0.2, 0.25) is 0 Å². The van der Waals surface area contributed by atoms with E-state index in [-0.39, 0.29) is 23.7 Å². The first-order valence-electron chi connectivity index (χ1n) is 11.0. The van der Waals surface area contributed by atoms with Crippen molar-refractivity contribution in [2.75, 3.05) is 23.4 Å². The molecule has 0 atom stereocenters. The van der Waals surface area contributed by atoms with E-state index < -0.39 is 0 Å². The fraction of sp³-hybridized carbons (Fsp3) is 0.148. The maximum atomic E-state index is 12.9. The summed E-state index contributed by atoms with van der Waals surface area (Å²) in [4.78, 5) is 39.1. The third-order valence-electron chi connectivity index (χ3n) is 5.03. The van der Waals surface area contributed by atoms with Crippen LogP contribution in [-0.2, 0) is 9.59 Å². The highest BCUT2D eigenvalue weighted by atomic mass is 32.2. The summed E-state index contributed by atoms with van der Waals surface area (Å²) in [7, 11) is 0. The number of amides is 3. The third-order valence-corrected chi connectivity index (χ3v) is 5.90. The first-order chi connectivity index (χ1) is 16.9. The Kier molecular flexibility index (Phi) is 7.52. The minimum absolute atomic E-state index is 0.191. The van der Waals surface area contributed by atoms with Crippen molar-refractivity contribution in [2.24, 2.45) is 0 Å². The Morgan fingerprint density at radius 2 is 1.77 bits per heavy atom. The number of carbonyl (C=O) groups excluding carboxylic acids is 3. The van der Waals surface area contributed by atoms with Gasteiger partial charge in [0.05, 0.1) is 17.2 Å². The van der Waals surface area contributed by atoms with Gasteiger partial charge in [0.25, 0.3) is 17.1 Å². The largest absolute Gasteiger partial charge is 0.490 e. The smallest absolute Gasteiger partial charge is 0.298 e. The Morgan fingerprint density at radius 1 is 0.971 bits per heavy atom. The first-order valence-corrected chi connectivity index (χ1v) is 11.9. The number of rotatable bonds is 8. The molecular formula is C27H24N2O5S. The number of para-hydroxylation sites is 1. The zero-order chi connectivity index (χ0) is 24.8. The second-order valence-corrected chi connectivity index (χ2v) is 8.69. The highest BCUT2D eigenvalue weighted by molar-refractivity contribution is 8.19. The van der Waals surface area contributed by atoms with Crippen molar-refractivity contribution < 1.29 is 23.9 Å². The number of nitrogens with zero attached hydrogens (tertiary/aromatic N) is 1. The van der Waals surface area contributed by atoms with Gasteiger partial charge in [-0.05, 0) is 79.2 Å². The molecule has 1 aliphatic rings. The quantitative estimate of drug-likeness (QED) is 0.412. The lowest BCUT2D eigenvalue weighted by atomic mass is 10.1. The van der Waals surface area contributed by atoms with E-state index in [0.717, 1.165) is 22.2 Å². The monoisotopic (exact) mass is 488 g/mol. The molecule has 1 fully saturated rings. The molecule has 7 nitrogen and oxygen atoms in total. The number of benzene rings is 3. The number of anilines is 2. The molecule has 0 radical (unpaired) electrons. The van der Waals surface area contributed by atoms with Crippen LogP contribution in [0.15, 0.2) is 77.7 Å². The predicted octanol–water partition coefficient (Wildman–Crippen LogP) is 5.65. The SMILES string of the molecule is CCOc1cc(/C=C2\SC(=O)N(c3ccccc3)C2=O)ccc1OCC(=O)Nc1cccc(C)c1. The Balaban J connectivity index is 1.47. The maximum absolute atomic E-state index is 12.9. The molecule has 3 aromatic carbocycles. The molecule has 1 N–H and O–H groups in total. The molecule has 0 bridgehead atoms. The van der Waals surface area contributed by atoms with Crippen molar-refractivity contribution in [1.29, 1.82) is 0 Å². The summed E-state index contributed by atoms with van der Waals surface area (Å²) >= 11 is 0.884. The molecule has 3 amide bonds. The topological polar surface area (TPSA) is 84.9 Å². The van der Waals surface area contributed by atoms with E-state index in [2.05, 4.69) is 5.32 Å². The molecule has 0 aliphatic carbocycles. The van der Waals surface area contributed by atoms with Crippen LogP contribution < -0.4 is 19.7 Å². The molecule has 8 heteroatoms. The highest BCUT2D eigenvalue weighted by Gasteiger charge is 2.36. The molecule has 3 aromatic rings. The Morgan fingerprint density at radius 3 is 2.51 bits per heavy atom. The number of hydrogen-bond acceptors (Lipinski definition) is 6. The highest BCUT2D eigenvalue weighted by Crippen LogP contribution is 2.37. The molecule has 0 saturated carbocycles. The van der Waals surface area contributed by atoms with Crippen LogP contribution in [0.4, 0.5) is 16.2 Å². The van der Waals surface area contributed by atoms with Gasteiger partial charge < -0.3 is 14.8 Å². The number of ether oxygens (including phenoxy) is 2. The predicted molar refractivity (Wildman–Crippen MR) is 138 cm³/mol. The van der Waals surface area contributed by atoms with Crippen LogP contribution in [-0.4, -0.2) is 30.3 Å². The van der Waals surface area contributed by atoms with Gasteiger partial charge >= 0.3 is 0 Å². The molecule has 1 aliphatic heterocycles. The van der Waals surface area contributed by atoms with Gasteiger partial charge in [-0.2, -0.15) is 0 Å². The third kappa shape index (κ3) is 5.91. The maximum Gasteiger partial charge on any atom is 0.298 e. The molecule has 0 aromatic heterocycles. The molecule has 4 rings (SSSR count). The Hall–Kier alpha value is -4.04.